The maximum Gasteiger partial charge on any atom is 0.184 e. The molecule has 0 aliphatic carbocycles. The van der Waals surface area contributed by atoms with E-state index in [0.717, 1.165) is 10.5 Å². The lowest BCUT2D eigenvalue weighted by Gasteiger charge is -2.16. The van der Waals surface area contributed by atoms with E-state index in [1.54, 1.807) is 33.1 Å². The second-order valence-corrected chi connectivity index (χ2v) is 3.86. The van der Waals surface area contributed by atoms with Crippen molar-refractivity contribution in [1.82, 2.24) is 0 Å². The number of thioether (sulfide) groups is 1. The third-order valence-corrected chi connectivity index (χ3v) is 2.97. The quantitative estimate of drug-likeness (QED) is 0.552. The first-order chi connectivity index (χ1) is 7.33. The lowest BCUT2D eigenvalue weighted by molar-refractivity contribution is -0.107. The molecule has 0 N–H and O–H groups in total. The molecule has 0 saturated carbocycles. The highest BCUT2D eigenvalue weighted by Gasteiger charge is 2.13. The first-order valence-electron chi connectivity index (χ1n) is 4.59. The molecule has 1 rings (SSSR count). The Labute approximate surface area is 94.7 Å². The molecule has 0 saturated heterocycles. The zero-order valence-electron chi connectivity index (χ0n) is 9.23. The van der Waals surface area contributed by atoms with Crippen molar-refractivity contribution < 1.29 is 14.2 Å². The number of methoxy groups -OCH3 is 3. The molecule has 0 radical (unpaired) electrons. The average Bonchev–Trinajstić information content (AvgIpc) is 2.29. The molecule has 0 amide bonds. The molecule has 0 bridgehead atoms. The van der Waals surface area contributed by atoms with Crippen molar-refractivity contribution in [3.8, 4) is 0 Å². The van der Waals surface area contributed by atoms with Crippen LogP contribution in [0.2, 0.25) is 0 Å². The van der Waals surface area contributed by atoms with Crippen LogP contribution in [0.25, 0.3) is 0 Å². The van der Waals surface area contributed by atoms with Crippen LogP contribution in [0.4, 0.5) is 0 Å². The van der Waals surface area contributed by atoms with Gasteiger partial charge in [-0.3, -0.25) is 0 Å². The van der Waals surface area contributed by atoms with Crippen LogP contribution in [0.15, 0.2) is 29.2 Å². The molecule has 3 nitrogen and oxygen atoms in total. The summed E-state index contributed by atoms with van der Waals surface area (Å²) in [5, 5.41) is 0. The molecule has 1 aromatic rings. The van der Waals surface area contributed by atoms with Gasteiger partial charge in [0.1, 0.15) is 0 Å². The number of hydrogen-bond donors (Lipinski definition) is 0. The van der Waals surface area contributed by atoms with E-state index >= 15 is 0 Å². The van der Waals surface area contributed by atoms with Gasteiger partial charge >= 0.3 is 0 Å². The van der Waals surface area contributed by atoms with Crippen molar-refractivity contribution in [2.24, 2.45) is 0 Å². The van der Waals surface area contributed by atoms with Gasteiger partial charge in [-0.1, -0.05) is 30.0 Å². The third kappa shape index (κ3) is 3.50. The van der Waals surface area contributed by atoms with E-state index in [2.05, 4.69) is 0 Å². The Morgan fingerprint density at radius 1 is 1.13 bits per heavy atom. The number of benzene rings is 1. The zero-order valence-corrected chi connectivity index (χ0v) is 10.0. The van der Waals surface area contributed by atoms with Crippen LogP contribution in [0.5, 0.6) is 0 Å². The summed E-state index contributed by atoms with van der Waals surface area (Å²) in [7, 11) is 4.94. The van der Waals surface area contributed by atoms with Gasteiger partial charge in [0.25, 0.3) is 0 Å². The summed E-state index contributed by atoms with van der Waals surface area (Å²) < 4.78 is 15.5. The van der Waals surface area contributed by atoms with Crippen LogP contribution >= 0.6 is 11.8 Å². The van der Waals surface area contributed by atoms with Crippen molar-refractivity contribution in [2.45, 2.75) is 11.2 Å². The largest absolute Gasteiger partial charge is 0.374 e. The fourth-order valence-corrected chi connectivity index (χ4v) is 2.03. The molecule has 0 aromatic heterocycles. The van der Waals surface area contributed by atoms with Gasteiger partial charge in [0.2, 0.25) is 0 Å². The topological polar surface area (TPSA) is 27.7 Å². The van der Waals surface area contributed by atoms with Gasteiger partial charge in [-0.25, -0.2) is 0 Å². The SMILES string of the molecule is COCSc1ccccc1C(OC)OC. The van der Waals surface area contributed by atoms with E-state index in [1.807, 2.05) is 24.3 Å². The Morgan fingerprint density at radius 3 is 2.40 bits per heavy atom. The van der Waals surface area contributed by atoms with Gasteiger partial charge in [-0.05, 0) is 6.07 Å². The number of rotatable bonds is 6. The summed E-state index contributed by atoms with van der Waals surface area (Å²) in [6.45, 7) is 0. The third-order valence-electron chi connectivity index (χ3n) is 1.93. The minimum Gasteiger partial charge on any atom is -0.374 e. The smallest absolute Gasteiger partial charge is 0.184 e. The fourth-order valence-electron chi connectivity index (χ4n) is 1.28. The minimum absolute atomic E-state index is 0.314. The van der Waals surface area contributed by atoms with Crippen LogP contribution in [0.3, 0.4) is 0 Å². The van der Waals surface area contributed by atoms with Gasteiger partial charge in [-0.15, -0.1) is 0 Å². The summed E-state index contributed by atoms with van der Waals surface area (Å²) >= 11 is 1.62. The van der Waals surface area contributed by atoms with Crippen LogP contribution in [0, 0.1) is 0 Å². The summed E-state index contributed by atoms with van der Waals surface area (Å²) in [6.07, 6.45) is -0.314. The molecular weight excluding hydrogens is 212 g/mol. The molecule has 0 spiro atoms. The molecule has 0 aliphatic heterocycles. The Morgan fingerprint density at radius 2 is 1.80 bits per heavy atom. The van der Waals surface area contributed by atoms with Crippen molar-refractivity contribution in [2.75, 3.05) is 27.3 Å². The van der Waals surface area contributed by atoms with Crippen LogP contribution in [-0.2, 0) is 14.2 Å². The zero-order chi connectivity index (χ0) is 11.1. The first kappa shape index (κ1) is 12.5. The second-order valence-electron chi connectivity index (χ2n) is 2.89. The highest BCUT2D eigenvalue weighted by Crippen LogP contribution is 2.29. The number of hydrogen-bond acceptors (Lipinski definition) is 4. The summed E-state index contributed by atoms with van der Waals surface area (Å²) in [5.41, 5.74) is 1.03. The number of ether oxygens (including phenoxy) is 3. The average molecular weight is 228 g/mol. The van der Waals surface area contributed by atoms with Crippen molar-refractivity contribution in [1.29, 1.82) is 0 Å². The lowest BCUT2D eigenvalue weighted by Crippen LogP contribution is -2.05. The highest BCUT2D eigenvalue weighted by molar-refractivity contribution is 7.99. The Hall–Kier alpha value is -0.550. The van der Waals surface area contributed by atoms with E-state index in [-0.39, 0.29) is 6.29 Å². The lowest BCUT2D eigenvalue weighted by atomic mass is 10.2. The van der Waals surface area contributed by atoms with E-state index in [1.165, 1.54) is 0 Å². The predicted octanol–water partition coefficient (Wildman–Crippen LogP) is 2.67. The minimum atomic E-state index is -0.314. The second kappa shape index (κ2) is 6.85. The van der Waals surface area contributed by atoms with Crippen LogP contribution in [0.1, 0.15) is 11.9 Å². The highest BCUT2D eigenvalue weighted by atomic mass is 32.2. The maximum absolute atomic E-state index is 5.23. The molecular formula is C11H16O3S. The monoisotopic (exact) mass is 228 g/mol. The van der Waals surface area contributed by atoms with Crippen molar-refractivity contribution >= 4 is 11.8 Å². The van der Waals surface area contributed by atoms with Gasteiger partial charge in [0.15, 0.2) is 6.29 Å². The van der Waals surface area contributed by atoms with Gasteiger partial charge in [-0.2, -0.15) is 0 Å². The van der Waals surface area contributed by atoms with E-state index in [4.69, 9.17) is 14.2 Å². The van der Waals surface area contributed by atoms with E-state index in [9.17, 15) is 0 Å². The van der Waals surface area contributed by atoms with Gasteiger partial charge in [0.05, 0.1) is 5.94 Å². The first-order valence-corrected chi connectivity index (χ1v) is 5.58. The molecule has 0 heterocycles. The van der Waals surface area contributed by atoms with Gasteiger partial charge in [0, 0.05) is 31.8 Å². The molecule has 0 fully saturated rings. The molecule has 1 aromatic carbocycles. The molecule has 0 atom stereocenters. The molecule has 4 heteroatoms. The molecule has 0 aliphatic rings. The predicted molar refractivity (Wildman–Crippen MR) is 60.9 cm³/mol. The van der Waals surface area contributed by atoms with E-state index < -0.39 is 0 Å². The Bertz CT molecular complexity index is 287. The Kier molecular flexibility index (Phi) is 5.71. The summed E-state index contributed by atoms with van der Waals surface area (Å²) in [6, 6.07) is 7.99. The normalized spacial score (nSPS) is 10.9. The summed E-state index contributed by atoms with van der Waals surface area (Å²) in [4.78, 5) is 1.12. The van der Waals surface area contributed by atoms with Gasteiger partial charge < -0.3 is 14.2 Å². The maximum atomic E-state index is 5.23. The van der Waals surface area contributed by atoms with Crippen LogP contribution < -0.4 is 0 Å². The molecule has 84 valence electrons. The van der Waals surface area contributed by atoms with Crippen molar-refractivity contribution in [3.05, 3.63) is 29.8 Å². The fraction of sp³-hybridized carbons (Fsp3) is 0.455. The molecule has 15 heavy (non-hydrogen) atoms. The summed E-state index contributed by atoms with van der Waals surface area (Å²) in [5.74, 6) is 0.622. The van der Waals surface area contributed by atoms with E-state index in [0.29, 0.717) is 5.94 Å². The van der Waals surface area contributed by atoms with Crippen molar-refractivity contribution in [3.63, 3.8) is 0 Å². The molecule has 0 unspecified atom stereocenters. The van der Waals surface area contributed by atoms with Crippen LogP contribution in [-0.4, -0.2) is 27.3 Å². The standard InChI is InChI=1S/C11H16O3S/c1-12-8-15-10-7-5-4-6-9(10)11(13-2)14-3/h4-7,11H,8H2,1-3H3. The Balaban J connectivity index is 2.84.